The minimum atomic E-state index is -4.52. The molecule has 23 heavy (non-hydrogen) atoms. The Labute approximate surface area is 122 Å². The van der Waals surface area contributed by atoms with E-state index in [1.165, 1.54) is 33.7 Å². The third-order valence-electron chi connectivity index (χ3n) is 16.1. The summed E-state index contributed by atoms with van der Waals surface area (Å²) in [6, 6.07) is 7.37. The van der Waals surface area contributed by atoms with Gasteiger partial charge >= 0.3 is 122 Å². The Morgan fingerprint density at radius 2 is 1.57 bits per heavy atom. The van der Waals surface area contributed by atoms with Crippen molar-refractivity contribution in [3.05, 3.63) is 24.3 Å². The van der Waals surface area contributed by atoms with Crippen LogP contribution in [0.1, 0.15) is 0 Å². The fourth-order valence-electron chi connectivity index (χ4n) is 17.5. The monoisotopic (exact) mass is 373 g/mol. The minimum absolute atomic E-state index is 0.330. The van der Waals surface area contributed by atoms with Crippen LogP contribution in [-0.2, 0) is 11.1 Å². The zero-order chi connectivity index (χ0) is 14.9. The molecule has 1 spiro atoms. The second kappa shape index (κ2) is 0.989. The van der Waals surface area contributed by atoms with Gasteiger partial charge in [0.15, 0.2) is 0 Å². The molecule has 10 aliphatic heterocycles. The van der Waals surface area contributed by atoms with Crippen molar-refractivity contribution in [3.8, 4) is 5.75 Å². The third-order valence-corrected chi connectivity index (χ3v) is 58.7. The summed E-state index contributed by atoms with van der Waals surface area (Å²) >= 11 is 0. The standard InChI is InChI=1S/C11H11NO4P.C5H5.Fe/c13-17(14,15)16-11-8-4-3-7-10(11)12-9-5-1-2-6-9;1-2-4-5-3-1;/h1-8,12H,(H2,13,14,15);1-5H;. The topological polar surface area (TPSA) is 78.8 Å². The molecular formula is C16H16FeNO4P. The molecule has 5 nitrogen and oxygen atoms in total. The van der Waals surface area contributed by atoms with Crippen LogP contribution in [0.15, 0.2) is 24.3 Å². The van der Waals surface area contributed by atoms with Crippen LogP contribution in [0.5, 0.6) is 5.75 Å². The maximum absolute atomic E-state index is 11.3. The molecule has 0 bridgehead atoms. The summed E-state index contributed by atoms with van der Waals surface area (Å²) in [5, 5.41) is 3.95. The van der Waals surface area contributed by atoms with Gasteiger partial charge in [-0.15, -0.1) is 0 Å². The Kier molecular flexibility index (Phi) is 0.423. The SMILES string of the molecule is O=P(O)(O)Oc1ccccc1N[C]12[CH]3[CH]4[CH]5[CH]1[Fe]45321678[CH]2[CH]1[CH]6[CH]7[CH]28. The van der Waals surface area contributed by atoms with Crippen LogP contribution in [0, 0.1) is 0 Å². The van der Waals surface area contributed by atoms with Crippen molar-refractivity contribution in [1.29, 1.82) is 0 Å². The number of benzene rings is 1. The molecule has 4 unspecified atom stereocenters. The van der Waals surface area contributed by atoms with Gasteiger partial charge in [0.05, 0.1) is 0 Å². The van der Waals surface area contributed by atoms with Crippen molar-refractivity contribution in [2.45, 2.75) is 47.8 Å². The zero-order valence-electron chi connectivity index (χ0n) is 12.0. The summed E-state index contributed by atoms with van der Waals surface area (Å²) < 4.78 is 16.8. The molecule has 0 aromatic heterocycles. The van der Waals surface area contributed by atoms with Crippen LogP contribution in [0.2, 0.25) is 43.3 Å². The summed E-state index contributed by atoms with van der Waals surface area (Å²) in [4.78, 5) is 29.2. The summed E-state index contributed by atoms with van der Waals surface area (Å²) in [6.45, 7) is -3.23. The van der Waals surface area contributed by atoms with E-state index in [4.69, 9.17) is 4.52 Å². The van der Waals surface area contributed by atoms with Crippen LogP contribution in [0.4, 0.5) is 5.69 Å². The molecule has 0 radical (unpaired) electrons. The van der Waals surface area contributed by atoms with Gasteiger partial charge in [-0.05, 0) is 0 Å². The molecule has 10 saturated heterocycles. The van der Waals surface area contributed by atoms with Crippen molar-refractivity contribution in [3.63, 3.8) is 0 Å². The first-order valence-electron chi connectivity index (χ1n) is 8.55. The molecule has 122 valence electrons. The number of phosphoric ester groups is 1. The van der Waals surface area contributed by atoms with E-state index in [0.717, 1.165) is 15.3 Å². The van der Waals surface area contributed by atoms with E-state index in [1.54, 1.807) is 12.1 Å². The first-order chi connectivity index (χ1) is 10.7. The predicted molar refractivity (Wildman–Crippen MR) is 79.2 cm³/mol. The van der Waals surface area contributed by atoms with Gasteiger partial charge in [0.1, 0.15) is 0 Å². The van der Waals surface area contributed by atoms with Crippen molar-refractivity contribution >= 4 is 13.5 Å². The van der Waals surface area contributed by atoms with E-state index < -0.39 is 14.3 Å². The Morgan fingerprint density at radius 1 is 1.00 bits per heavy atom. The third kappa shape index (κ3) is 0.150. The Bertz CT molecular complexity index is 1290. The number of hydrogen-bond donors (Lipinski definition) is 3. The molecule has 10 aliphatic rings. The fraction of sp³-hybridized carbons (Fsp3) is 0.625. The molecule has 0 amide bonds. The number of phosphoric acid groups is 1. The van der Waals surface area contributed by atoms with Gasteiger partial charge in [-0.1, -0.05) is 0 Å². The molecule has 0 aliphatic carbocycles. The van der Waals surface area contributed by atoms with Gasteiger partial charge in [0.2, 0.25) is 0 Å². The quantitative estimate of drug-likeness (QED) is 0.552. The van der Waals surface area contributed by atoms with E-state index >= 15 is 0 Å². The molecule has 7 heteroatoms. The van der Waals surface area contributed by atoms with Gasteiger partial charge < -0.3 is 0 Å². The van der Waals surface area contributed by atoms with Gasteiger partial charge in [-0.2, -0.15) is 0 Å². The number of anilines is 1. The molecule has 1 aromatic carbocycles. The van der Waals surface area contributed by atoms with E-state index in [2.05, 4.69) is 5.32 Å². The van der Waals surface area contributed by atoms with Crippen molar-refractivity contribution in [2.24, 2.45) is 0 Å². The fourth-order valence-corrected chi connectivity index (χ4v) is 91.0. The summed E-state index contributed by atoms with van der Waals surface area (Å²) in [7, 11) is -4.52. The second-order valence-electron chi connectivity index (χ2n) is 11.9. The molecule has 10 fully saturated rings. The Balaban J connectivity index is 1.19. The second-order valence-corrected chi connectivity index (χ2v) is 36.6. The summed E-state index contributed by atoms with van der Waals surface area (Å²) in [6.07, 6.45) is 0. The molecule has 4 atom stereocenters. The molecule has 3 N–H and O–H groups in total. The van der Waals surface area contributed by atoms with E-state index in [9.17, 15) is 14.4 Å². The Morgan fingerprint density at radius 3 is 2.00 bits per heavy atom. The molecular weight excluding hydrogens is 357 g/mol. The van der Waals surface area contributed by atoms with E-state index in [-0.39, 0.29) is 0 Å². The van der Waals surface area contributed by atoms with Gasteiger partial charge in [-0.25, -0.2) is 0 Å². The number of nitrogens with one attached hydrogen (secondary N) is 1. The van der Waals surface area contributed by atoms with Gasteiger partial charge in [-0.3, -0.25) is 0 Å². The first kappa shape index (κ1) is 9.84. The van der Waals surface area contributed by atoms with Crippen LogP contribution < -0.4 is 9.84 Å². The summed E-state index contributed by atoms with van der Waals surface area (Å²) in [5.74, 6) is 0.330. The molecule has 11 rings (SSSR count). The molecule has 10 heterocycles. The molecule has 0 saturated carbocycles. The van der Waals surface area contributed by atoms with Crippen molar-refractivity contribution in [1.82, 2.24) is 0 Å². The number of fused-ring (bicyclic) bond motifs is 10. The number of hydrogen-bond acceptors (Lipinski definition) is 3. The number of para-hydroxylation sites is 2. The Hall–Kier alpha value is -0.511. The maximum atomic E-state index is 11.3. The zero-order valence-corrected chi connectivity index (χ0v) is 14.0. The average molecular weight is 373 g/mol. The molecule has 1 aromatic rings. The van der Waals surface area contributed by atoms with Crippen LogP contribution >= 0.6 is 7.82 Å². The van der Waals surface area contributed by atoms with Crippen LogP contribution in [-0.4, -0.2) is 14.2 Å². The van der Waals surface area contributed by atoms with Gasteiger partial charge in [0.25, 0.3) is 0 Å². The average Bonchev–Trinajstić information content (AvgIpc) is 3.42. The first-order valence-corrected chi connectivity index (χ1v) is 16.4. The van der Waals surface area contributed by atoms with E-state index in [1.807, 2.05) is 12.1 Å². The van der Waals surface area contributed by atoms with E-state index in [0.29, 0.717) is 10.2 Å². The van der Waals surface area contributed by atoms with Crippen LogP contribution in [0.25, 0.3) is 0 Å². The number of rotatable bonds is 4. The summed E-state index contributed by atoms with van der Waals surface area (Å²) in [5.41, 5.74) is 0.837. The van der Waals surface area contributed by atoms with Crippen LogP contribution in [0.3, 0.4) is 0 Å². The normalized spacial score (nSPS) is 91.5. The van der Waals surface area contributed by atoms with Crippen molar-refractivity contribution < 1.29 is 25.4 Å². The van der Waals surface area contributed by atoms with Gasteiger partial charge in [0, 0.05) is 0 Å². The van der Waals surface area contributed by atoms with Crippen molar-refractivity contribution in [2.75, 3.05) is 5.32 Å². The predicted octanol–water partition coefficient (Wildman–Crippen LogP) is 3.87.